The molecule has 1 aromatic carbocycles. The van der Waals surface area contributed by atoms with Crippen molar-refractivity contribution in [3.63, 3.8) is 0 Å². The van der Waals surface area contributed by atoms with Crippen LogP contribution in [0.1, 0.15) is 27.2 Å². The zero-order valence-electron chi connectivity index (χ0n) is 10.1. The Hall–Kier alpha value is -1.45. The summed E-state index contributed by atoms with van der Waals surface area (Å²) in [4.78, 5) is 0. The summed E-state index contributed by atoms with van der Waals surface area (Å²) >= 11 is 0. The number of rotatable bonds is 4. The topological polar surface area (TPSA) is 44.5 Å². The molecule has 0 amide bonds. The summed E-state index contributed by atoms with van der Waals surface area (Å²) in [6.45, 7) is 5.77. The minimum atomic E-state index is -0.472. The van der Waals surface area contributed by atoms with Gasteiger partial charge in [0, 0.05) is 12.1 Å². The first-order valence-corrected chi connectivity index (χ1v) is 5.21. The summed E-state index contributed by atoms with van der Waals surface area (Å²) in [5, 5.41) is 0. The van der Waals surface area contributed by atoms with E-state index in [2.05, 4.69) is 0 Å². The Bertz CT molecular complexity index is 378. The molecule has 0 radical (unpaired) electrons. The van der Waals surface area contributed by atoms with E-state index >= 15 is 0 Å². The van der Waals surface area contributed by atoms with E-state index in [1.807, 2.05) is 20.8 Å². The highest BCUT2D eigenvalue weighted by molar-refractivity contribution is 5.56. The van der Waals surface area contributed by atoms with E-state index in [-0.39, 0.29) is 11.4 Å². The van der Waals surface area contributed by atoms with Gasteiger partial charge in [-0.05, 0) is 20.3 Å². The number of nitrogen functional groups attached to an aromatic ring is 1. The van der Waals surface area contributed by atoms with Crippen LogP contribution in [-0.4, -0.2) is 12.7 Å². The standard InChI is InChI=1S/C12H18FNO2/c1-5-12(2,3)16-10-7-11(15-4)9(14)6-8(10)13/h6-7H,5,14H2,1-4H3. The molecule has 90 valence electrons. The predicted molar refractivity (Wildman–Crippen MR) is 62.4 cm³/mol. The second-order valence-corrected chi connectivity index (χ2v) is 4.24. The zero-order valence-corrected chi connectivity index (χ0v) is 10.1. The Balaban J connectivity index is 3.05. The van der Waals surface area contributed by atoms with E-state index in [4.69, 9.17) is 15.2 Å². The van der Waals surface area contributed by atoms with Gasteiger partial charge in [-0.3, -0.25) is 0 Å². The number of methoxy groups -OCH3 is 1. The maximum absolute atomic E-state index is 13.6. The molecule has 0 heterocycles. The summed E-state index contributed by atoms with van der Waals surface area (Å²) < 4.78 is 24.2. The van der Waals surface area contributed by atoms with E-state index in [0.717, 1.165) is 6.42 Å². The SMILES string of the molecule is CCC(C)(C)Oc1cc(OC)c(N)cc1F. The number of halogens is 1. The number of benzene rings is 1. The molecule has 0 fully saturated rings. The number of nitrogens with two attached hydrogens (primary N) is 1. The van der Waals surface area contributed by atoms with Crippen molar-refractivity contribution < 1.29 is 13.9 Å². The summed E-state index contributed by atoms with van der Waals surface area (Å²) in [5.41, 5.74) is 5.43. The van der Waals surface area contributed by atoms with Gasteiger partial charge in [-0.25, -0.2) is 4.39 Å². The first-order chi connectivity index (χ1) is 7.39. The van der Waals surface area contributed by atoms with Crippen LogP contribution in [0.2, 0.25) is 0 Å². The molecule has 0 unspecified atom stereocenters. The molecule has 4 heteroatoms. The lowest BCUT2D eigenvalue weighted by molar-refractivity contribution is 0.0991. The monoisotopic (exact) mass is 227 g/mol. The van der Waals surface area contributed by atoms with Gasteiger partial charge < -0.3 is 15.2 Å². The van der Waals surface area contributed by atoms with Crippen molar-refractivity contribution in [3.05, 3.63) is 17.9 Å². The third-order valence-electron chi connectivity index (χ3n) is 2.52. The Labute approximate surface area is 95.4 Å². The highest BCUT2D eigenvalue weighted by atomic mass is 19.1. The molecule has 3 nitrogen and oxygen atoms in total. The fourth-order valence-electron chi connectivity index (χ4n) is 1.17. The van der Waals surface area contributed by atoms with Gasteiger partial charge >= 0.3 is 0 Å². The lowest BCUT2D eigenvalue weighted by atomic mass is 10.1. The Morgan fingerprint density at radius 2 is 1.94 bits per heavy atom. The fourth-order valence-corrected chi connectivity index (χ4v) is 1.17. The number of anilines is 1. The molecule has 0 saturated heterocycles. The summed E-state index contributed by atoms with van der Waals surface area (Å²) in [6, 6.07) is 2.68. The van der Waals surface area contributed by atoms with Gasteiger partial charge in [-0.2, -0.15) is 0 Å². The Kier molecular flexibility index (Phi) is 3.62. The van der Waals surface area contributed by atoms with Crippen molar-refractivity contribution in [2.75, 3.05) is 12.8 Å². The van der Waals surface area contributed by atoms with Gasteiger partial charge in [-0.1, -0.05) is 6.92 Å². The number of hydrogen-bond acceptors (Lipinski definition) is 3. The van der Waals surface area contributed by atoms with Gasteiger partial charge in [-0.15, -0.1) is 0 Å². The quantitative estimate of drug-likeness (QED) is 0.804. The molecule has 0 aliphatic heterocycles. The van der Waals surface area contributed by atoms with E-state index in [0.29, 0.717) is 5.75 Å². The molecule has 0 saturated carbocycles. The van der Waals surface area contributed by atoms with Crippen LogP contribution in [0.5, 0.6) is 11.5 Å². The molecule has 0 atom stereocenters. The third kappa shape index (κ3) is 2.78. The van der Waals surface area contributed by atoms with Crippen molar-refractivity contribution in [2.24, 2.45) is 0 Å². The lowest BCUT2D eigenvalue weighted by Gasteiger charge is -2.25. The Morgan fingerprint density at radius 3 is 2.44 bits per heavy atom. The largest absolute Gasteiger partial charge is 0.494 e. The lowest BCUT2D eigenvalue weighted by Crippen LogP contribution is -2.27. The molecule has 0 spiro atoms. The molecule has 0 aliphatic rings. The average molecular weight is 227 g/mol. The van der Waals surface area contributed by atoms with Crippen LogP contribution in [0.15, 0.2) is 12.1 Å². The normalized spacial score (nSPS) is 11.3. The minimum Gasteiger partial charge on any atom is -0.494 e. The second kappa shape index (κ2) is 4.60. The molecule has 1 rings (SSSR count). The fraction of sp³-hybridized carbons (Fsp3) is 0.500. The molecule has 0 bridgehead atoms. The smallest absolute Gasteiger partial charge is 0.167 e. The van der Waals surface area contributed by atoms with Gasteiger partial charge in [0.25, 0.3) is 0 Å². The maximum Gasteiger partial charge on any atom is 0.167 e. The molecule has 0 aliphatic carbocycles. The predicted octanol–water partition coefficient (Wildman–Crippen LogP) is 2.98. The van der Waals surface area contributed by atoms with Crippen molar-refractivity contribution in [2.45, 2.75) is 32.8 Å². The summed E-state index contributed by atoms with van der Waals surface area (Å²) in [5.74, 6) is 0.112. The van der Waals surface area contributed by atoms with Gasteiger partial charge in [0.2, 0.25) is 0 Å². The van der Waals surface area contributed by atoms with E-state index < -0.39 is 11.4 Å². The summed E-state index contributed by atoms with van der Waals surface area (Å²) in [6.07, 6.45) is 0.777. The van der Waals surface area contributed by atoms with Crippen LogP contribution < -0.4 is 15.2 Å². The van der Waals surface area contributed by atoms with Gasteiger partial charge in [0.05, 0.1) is 12.8 Å². The van der Waals surface area contributed by atoms with Gasteiger partial charge in [0.1, 0.15) is 11.4 Å². The minimum absolute atomic E-state index is 0.165. The maximum atomic E-state index is 13.6. The molecular formula is C12H18FNO2. The highest BCUT2D eigenvalue weighted by Crippen LogP contribution is 2.32. The highest BCUT2D eigenvalue weighted by Gasteiger charge is 2.20. The molecule has 1 aromatic rings. The number of ether oxygens (including phenoxy) is 2. The van der Waals surface area contributed by atoms with Crippen LogP contribution >= 0.6 is 0 Å². The summed E-state index contributed by atoms with van der Waals surface area (Å²) in [7, 11) is 1.48. The van der Waals surface area contributed by atoms with Crippen LogP contribution in [0.3, 0.4) is 0 Å². The van der Waals surface area contributed by atoms with Crippen molar-refractivity contribution >= 4 is 5.69 Å². The molecule has 0 aromatic heterocycles. The van der Waals surface area contributed by atoms with Crippen molar-refractivity contribution in [1.82, 2.24) is 0 Å². The number of hydrogen-bond donors (Lipinski definition) is 1. The first-order valence-electron chi connectivity index (χ1n) is 5.21. The Morgan fingerprint density at radius 1 is 1.31 bits per heavy atom. The van der Waals surface area contributed by atoms with E-state index in [9.17, 15) is 4.39 Å². The van der Waals surface area contributed by atoms with Crippen molar-refractivity contribution in [3.8, 4) is 11.5 Å². The first kappa shape index (κ1) is 12.6. The van der Waals surface area contributed by atoms with Gasteiger partial charge in [0.15, 0.2) is 11.6 Å². The van der Waals surface area contributed by atoms with Crippen LogP contribution in [0, 0.1) is 5.82 Å². The second-order valence-electron chi connectivity index (χ2n) is 4.24. The van der Waals surface area contributed by atoms with Crippen LogP contribution in [-0.2, 0) is 0 Å². The van der Waals surface area contributed by atoms with Crippen molar-refractivity contribution in [1.29, 1.82) is 0 Å². The zero-order chi connectivity index (χ0) is 12.3. The molecular weight excluding hydrogens is 209 g/mol. The third-order valence-corrected chi connectivity index (χ3v) is 2.52. The molecule has 16 heavy (non-hydrogen) atoms. The van der Waals surface area contributed by atoms with Crippen LogP contribution in [0.25, 0.3) is 0 Å². The average Bonchev–Trinajstić information content (AvgIpc) is 2.22. The van der Waals surface area contributed by atoms with Crippen LogP contribution in [0.4, 0.5) is 10.1 Å². The molecule has 2 N–H and O–H groups in total. The van der Waals surface area contributed by atoms with E-state index in [1.54, 1.807) is 0 Å². The van der Waals surface area contributed by atoms with E-state index in [1.165, 1.54) is 19.2 Å².